The van der Waals surface area contributed by atoms with Crippen molar-refractivity contribution in [3.63, 3.8) is 0 Å². The van der Waals surface area contributed by atoms with E-state index < -0.39 is 0 Å². The lowest BCUT2D eigenvalue weighted by Gasteiger charge is -2.22. The van der Waals surface area contributed by atoms with Crippen LogP contribution in [0.3, 0.4) is 0 Å². The normalized spacial score (nSPS) is 15.1. The molecule has 1 aliphatic carbocycles. The first-order chi connectivity index (χ1) is 8.56. The first-order valence-corrected chi connectivity index (χ1v) is 6.86. The van der Waals surface area contributed by atoms with Crippen LogP contribution in [0.15, 0.2) is 22.7 Å². The molecule has 0 amide bonds. The number of hydrogen-bond donors (Lipinski definition) is 2. The van der Waals surface area contributed by atoms with Crippen molar-refractivity contribution < 1.29 is 4.39 Å². The maximum atomic E-state index is 13.8. The summed E-state index contributed by atoms with van der Waals surface area (Å²) >= 11 is 3.26. The molecule has 0 saturated heterocycles. The van der Waals surface area contributed by atoms with E-state index in [1.807, 2.05) is 12.1 Å². The number of benzene rings is 1. The van der Waals surface area contributed by atoms with Crippen molar-refractivity contribution in [3.05, 3.63) is 34.1 Å². The summed E-state index contributed by atoms with van der Waals surface area (Å²) in [5.41, 5.74) is 6.08. The Labute approximate surface area is 115 Å². The number of hydrogen-bond acceptors (Lipinski definition) is 2. The Morgan fingerprint density at radius 2 is 2.22 bits per heavy atom. The zero-order valence-corrected chi connectivity index (χ0v) is 11.7. The lowest BCUT2D eigenvalue weighted by atomic mass is 10.2. The van der Waals surface area contributed by atoms with E-state index in [9.17, 15) is 4.39 Å². The number of amidine groups is 1. The maximum Gasteiger partial charge on any atom is 0.128 e. The van der Waals surface area contributed by atoms with Crippen molar-refractivity contribution in [2.45, 2.75) is 31.8 Å². The third-order valence-corrected chi connectivity index (χ3v) is 3.61. The maximum absolute atomic E-state index is 13.8. The molecule has 5 heteroatoms. The molecule has 0 atom stereocenters. The average molecular weight is 314 g/mol. The molecule has 1 saturated carbocycles. The molecule has 1 aromatic rings. The van der Waals surface area contributed by atoms with Gasteiger partial charge in [0, 0.05) is 35.6 Å². The summed E-state index contributed by atoms with van der Waals surface area (Å²) in [6.45, 7) is 1.33. The predicted molar refractivity (Wildman–Crippen MR) is 74.1 cm³/mol. The second kappa shape index (κ2) is 5.80. The first-order valence-electron chi connectivity index (χ1n) is 6.07. The molecule has 1 fully saturated rings. The molecule has 1 aromatic carbocycles. The molecule has 0 heterocycles. The number of halogens is 2. The highest BCUT2D eigenvalue weighted by Gasteiger charge is 2.29. The Bertz CT molecular complexity index is 446. The number of nitrogens with two attached hydrogens (primary N) is 1. The summed E-state index contributed by atoms with van der Waals surface area (Å²) < 4.78 is 14.5. The first kappa shape index (κ1) is 13.5. The Hall–Kier alpha value is -0.940. The summed E-state index contributed by atoms with van der Waals surface area (Å²) in [5.74, 6) is 0.00905. The van der Waals surface area contributed by atoms with E-state index in [1.165, 1.54) is 6.07 Å². The van der Waals surface area contributed by atoms with Crippen LogP contribution in [0.5, 0.6) is 0 Å². The van der Waals surface area contributed by atoms with Crippen LogP contribution in [0.4, 0.5) is 4.39 Å². The third kappa shape index (κ3) is 3.78. The van der Waals surface area contributed by atoms with Gasteiger partial charge in [0.05, 0.1) is 5.84 Å². The van der Waals surface area contributed by atoms with Crippen molar-refractivity contribution in [2.24, 2.45) is 5.73 Å². The summed E-state index contributed by atoms with van der Waals surface area (Å²) in [7, 11) is 0. The predicted octanol–water partition coefficient (Wildman–Crippen LogP) is 2.88. The molecule has 2 rings (SSSR count). The molecule has 0 aliphatic heterocycles. The summed E-state index contributed by atoms with van der Waals surface area (Å²) in [5, 5.41) is 7.27. The van der Waals surface area contributed by atoms with Crippen LogP contribution in [-0.2, 0) is 6.54 Å². The van der Waals surface area contributed by atoms with E-state index >= 15 is 0 Å². The zero-order chi connectivity index (χ0) is 13.1. The van der Waals surface area contributed by atoms with Crippen LogP contribution in [-0.4, -0.2) is 23.3 Å². The van der Waals surface area contributed by atoms with Gasteiger partial charge in [-0.05, 0) is 25.0 Å². The smallest absolute Gasteiger partial charge is 0.128 e. The largest absolute Gasteiger partial charge is 0.388 e. The lowest BCUT2D eigenvalue weighted by Crippen LogP contribution is -2.29. The van der Waals surface area contributed by atoms with E-state index in [-0.39, 0.29) is 11.7 Å². The molecule has 3 N–H and O–H groups in total. The second-order valence-corrected chi connectivity index (χ2v) is 5.63. The van der Waals surface area contributed by atoms with E-state index in [0.717, 1.165) is 23.9 Å². The van der Waals surface area contributed by atoms with Gasteiger partial charge in [0.2, 0.25) is 0 Å². The monoisotopic (exact) mass is 313 g/mol. The van der Waals surface area contributed by atoms with Crippen molar-refractivity contribution >= 4 is 21.8 Å². The molecule has 0 aromatic heterocycles. The quantitative estimate of drug-likeness (QED) is 0.627. The lowest BCUT2D eigenvalue weighted by molar-refractivity contribution is 0.258. The van der Waals surface area contributed by atoms with Crippen LogP contribution >= 0.6 is 15.9 Å². The van der Waals surface area contributed by atoms with Crippen LogP contribution < -0.4 is 5.73 Å². The van der Waals surface area contributed by atoms with E-state index in [4.69, 9.17) is 11.1 Å². The fraction of sp³-hybridized carbons (Fsp3) is 0.462. The van der Waals surface area contributed by atoms with Gasteiger partial charge in [-0.2, -0.15) is 0 Å². The molecule has 0 bridgehead atoms. The molecule has 3 nitrogen and oxygen atoms in total. The van der Waals surface area contributed by atoms with Gasteiger partial charge < -0.3 is 5.73 Å². The number of rotatable bonds is 6. The number of nitrogens with zero attached hydrogens (tertiary/aromatic N) is 1. The van der Waals surface area contributed by atoms with E-state index in [1.54, 1.807) is 0 Å². The second-order valence-electron chi connectivity index (χ2n) is 4.71. The highest BCUT2D eigenvalue weighted by atomic mass is 79.9. The van der Waals surface area contributed by atoms with E-state index in [2.05, 4.69) is 20.8 Å². The molecule has 0 unspecified atom stereocenters. The fourth-order valence-corrected chi connectivity index (χ4v) is 2.30. The van der Waals surface area contributed by atoms with Gasteiger partial charge in [-0.3, -0.25) is 10.3 Å². The minimum atomic E-state index is -0.183. The van der Waals surface area contributed by atoms with Gasteiger partial charge >= 0.3 is 0 Å². The molecular formula is C13H17BrFN3. The Morgan fingerprint density at radius 3 is 2.78 bits per heavy atom. The van der Waals surface area contributed by atoms with Gasteiger partial charge in [-0.15, -0.1) is 0 Å². The minimum Gasteiger partial charge on any atom is -0.388 e. The van der Waals surface area contributed by atoms with Crippen molar-refractivity contribution in [1.82, 2.24) is 4.90 Å². The van der Waals surface area contributed by atoms with E-state index in [0.29, 0.717) is 24.6 Å². The van der Waals surface area contributed by atoms with Gasteiger partial charge in [-0.1, -0.05) is 22.0 Å². The molecule has 1 aliphatic rings. The average Bonchev–Trinajstić information content (AvgIpc) is 3.10. The van der Waals surface area contributed by atoms with Crippen molar-refractivity contribution in [1.29, 1.82) is 5.41 Å². The Balaban J connectivity index is 2.01. The van der Waals surface area contributed by atoms with Crippen LogP contribution in [0.25, 0.3) is 0 Å². The van der Waals surface area contributed by atoms with Gasteiger partial charge in [0.1, 0.15) is 5.82 Å². The van der Waals surface area contributed by atoms with Gasteiger partial charge in [0.15, 0.2) is 0 Å². The molecule has 0 radical (unpaired) electrons. The van der Waals surface area contributed by atoms with Gasteiger partial charge in [0.25, 0.3) is 0 Å². The fourth-order valence-electron chi connectivity index (χ4n) is 1.96. The minimum absolute atomic E-state index is 0.183. The molecule has 18 heavy (non-hydrogen) atoms. The summed E-state index contributed by atoms with van der Waals surface area (Å²) in [6, 6.07) is 5.69. The van der Waals surface area contributed by atoms with Crippen LogP contribution in [0, 0.1) is 11.2 Å². The Morgan fingerprint density at radius 1 is 1.50 bits per heavy atom. The SMILES string of the molecule is N=C(N)CCN(Cc1ccc(Br)cc1F)C1CC1. The summed E-state index contributed by atoms with van der Waals surface area (Å²) in [4.78, 5) is 2.22. The highest BCUT2D eigenvalue weighted by molar-refractivity contribution is 9.10. The van der Waals surface area contributed by atoms with Crippen LogP contribution in [0.1, 0.15) is 24.8 Å². The molecule has 0 spiro atoms. The topological polar surface area (TPSA) is 53.1 Å². The molecular weight excluding hydrogens is 297 g/mol. The highest BCUT2D eigenvalue weighted by Crippen LogP contribution is 2.29. The van der Waals surface area contributed by atoms with Gasteiger partial charge in [-0.25, -0.2) is 4.39 Å². The number of nitrogens with one attached hydrogen (secondary N) is 1. The Kier molecular flexibility index (Phi) is 4.35. The zero-order valence-electron chi connectivity index (χ0n) is 10.1. The van der Waals surface area contributed by atoms with Crippen LogP contribution in [0.2, 0.25) is 0 Å². The summed E-state index contributed by atoms with van der Waals surface area (Å²) in [6.07, 6.45) is 2.88. The molecule has 98 valence electrons. The third-order valence-electron chi connectivity index (χ3n) is 3.12. The van der Waals surface area contributed by atoms with Crippen molar-refractivity contribution in [3.8, 4) is 0 Å². The van der Waals surface area contributed by atoms with Crippen molar-refractivity contribution in [2.75, 3.05) is 6.54 Å². The standard InChI is InChI=1S/C13H17BrFN3/c14-10-2-1-9(12(15)7-10)8-18(11-3-4-11)6-5-13(16)17/h1-2,7,11H,3-6,8H2,(H3,16,17).